The number of amides is 1. The average molecular weight is 259 g/mol. The quantitative estimate of drug-likeness (QED) is 0.878. The van der Waals surface area contributed by atoms with Crippen molar-refractivity contribution in [2.45, 2.75) is 6.92 Å². The van der Waals surface area contributed by atoms with Crippen molar-refractivity contribution >= 4 is 17.6 Å². The van der Waals surface area contributed by atoms with E-state index in [9.17, 15) is 9.59 Å². The molecule has 0 aliphatic rings. The van der Waals surface area contributed by atoms with Crippen molar-refractivity contribution in [3.63, 3.8) is 0 Å². The maximum atomic E-state index is 12.0. The van der Waals surface area contributed by atoms with Crippen LogP contribution >= 0.6 is 0 Å². The predicted molar refractivity (Wildman–Crippen MR) is 69.3 cm³/mol. The molecule has 98 valence electrons. The van der Waals surface area contributed by atoms with Gasteiger partial charge in [0.15, 0.2) is 5.69 Å². The molecule has 6 nitrogen and oxygen atoms in total. The second-order valence-electron chi connectivity index (χ2n) is 4.16. The van der Waals surface area contributed by atoms with Gasteiger partial charge in [-0.3, -0.25) is 9.48 Å². The maximum absolute atomic E-state index is 12.0. The molecule has 0 saturated carbocycles. The van der Waals surface area contributed by atoms with Crippen LogP contribution in [-0.2, 0) is 7.05 Å². The van der Waals surface area contributed by atoms with Crippen molar-refractivity contribution in [2.75, 3.05) is 5.32 Å². The molecule has 1 heterocycles. The zero-order valence-corrected chi connectivity index (χ0v) is 10.5. The van der Waals surface area contributed by atoms with E-state index in [-0.39, 0.29) is 17.3 Å². The summed E-state index contributed by atoms with van der Waals surface area (Å²) in [7, 11) is 1.50. The highest BCUT2D eigenvalue weighted by Gasteiger charge is 2.18. The molecule has 0 aliphatic heterocycles. The van der Waals surface area contributed by atoms with Gasteiger partial charge in [-0.1, -0.05) is 17.7 Å². The number of aromatic nitrogens is 2. The number of carbonyl (C=O) groups excluding carboxylic acids is 1. The molecule has 2 rings (SSSR count). The van der Waals surface area contributed by atoms with Crippen molar-refractivity contribution in [3.05, 3.63) is 47.3 Å². The summed E-state index contributed by atoms with van der Waals surface area (Å²) < 4.78 is 1.20. The number of carboxylic acid groups (broad SMARTS) is 1. The lowest BCUT2D eigenvalue weighted by Crippen LogP contribution is -2.15. The Balaban J connectivity index is 2.24. The second-order valence-corrected chi connectivity index (χ2v) is 4.16. The minimum Gasteiger partial charge on any atom is -0.476 e. The lowest BCUT2D eigenvalue weighted by atomic mass is 10.1. The van der Waals surface area contributed by atoms with Gasteiger partial charge >= 0.3 is 5.97 Å². The minimum absolute atomic E-state index is 0.0551. The van der Waals surface area contributed by atoms with E-state index in [1.54, 1.807) is 12.1 Å². The maximum Gasteiger partial charge on any atom is 0.356 e. The highest BCUT2D eigenvalue weighted by Crippen LogP contribution is 2.15. The summed E-state index contributed by atoms with van der Waals surface area (Å²) in [4.78, 5) is 23.0. The van der Waals surface area contributed by atoms with Gasteiger partial charge in [0.2, 0.25) is 0 Å². The molecule has 6 heteroatoms. The molecule has 2 aromatic rings. The number of carbonyl (C=O) groups is 2. The van der Waals surface area contributed by atoms with Crippen LogP contribution in [0.15, 0.2) is 30.5 Å². The number of hydrogen-bond donors (Lipinski definition) is 2. The van der Waals surface area contributed by atoms with Crippen molar-refractivity contribution in [1.82, 2.24) is 9.78 Å². The van der Waals surface area contributed by atoms with Crippen LogP contribution in [0, 0.1) is 6.92 Å². The largest absolute Gasteiger partial charge is 0.476 e. The van der Waals surface area contributed by atoms with E-state index in [0.717, 1.165) is 5.56 Å². The number of anilines is 1. The normalized spacial score (nSPS) is 10.2. The van der Waals surface area contributed by atoms with E-state index in [4.69, 9.17) is 5.11 Å². The van der Waals surface area contributed by atoms with Gasteiger partial charge in [0, 0.05) is 12.6 Å². The first-order valence-electron chi connectivity index (χ1n) is 5.62. The van der Waals surface area contributed by atoms with E-state index in [1.165, 1.54) is 17.9 Å². The fourth-order valence-electron chi connectivity index (χ4n) is 1.68. The van der Waals surface area contributed by atoms with E-state index < -0.39 is 5.97 Å². The Labute approximate surface area is 109 Å². The number of hydrogen-bond acceptors (Lipinski definition) is 3. The van der Waals surface area contributed by atoms with Crippen molar-refractivity contribution in [2.24, 2.45) is 7.05 Å². The van der Waals surface area contributed by atoms with Crippen molar-refractivity contribution in [1.29, 1.82) is 0 Å². The van der Waals surface area contributed by atoms with Gasteiger partial charge in [0.25, 0.3) is 5.91 Å². The molecule has 1 aromatic carbocycles. The van der Waals surface area contributed by atoms with Crippen LogP contribution in [0.2, 0.25) is 0 Å². The number of nitrogens with one attached hydrogen (secondary N) is 1. The molecule has 0 radical (unpaired) electrons. The van der Waals surface area contributed by atoms with Crippen LogP contribution in [0.1, 0.15) is 26.4 Å². The topological polar surface area (TPSA) is 84.2 Å². The molecule has 1 aromatic heterocycles. The monoisotopic (exact) mass is 259 g/mol. The Hall–Kier alpha value is -2.63. The summed E-state index contributed by atoms with van der Waals surface area (Å²) in [5.74, 6) is -1.50. The van der Waals surface area contributed by atoms with Crippen LogP contribution in [0.3, 0.4) is 0 Å². The van der Waals surface area contributed by atoms with E-state index >= 15 is 0 Å². The van der Waals surface area contributed by atoms with E-state index in [2.05, 4.69) is 10.4 Å². The minimum atomic E-state index is -1.14. The van der Waals surface area contributed by atoms with Crippen LogP contribution in [0.4, 0.5) is 5.69 Å². The second kappa shape index (κ2) is 4.93. The van der Waals surface area contributed by atoms with Crippen LogP contribution in [-0.4, -0.2) is 26.8 Å². The molecule has 0 spiro atoms. The van der Waals surface area contributed by atoms with Crippen molar-refractivity contribution in [3.8, 4) is 0 Å². The van der Waals surface area contributed by atoms with Gasteiger partial charge in [0.1, 0.15) is 0 Å². The molecule has 2 N–H and O–H groups in total. The zero-order valence-electron chi connectivity index (χ0n) is 10.5. The Morgan fingerprint density at radius 1 is 1.26 bits per heavy atom. The molecular formula is C13H13N3O3. The molecule has 0 atom stereocenters. The molecule has 0 bridgehead atoms. The van der Waals surface area contributed by atoms with Gasteiger partial charge in [-0.25, -0.2) is 4.79 Å². The Kier molecular flexibility index (Phi) is 3.33. The number of benzene rings is 1. The van der Waals surface area contributed by atoms with E-state index in [1.807, 2.05) is 19.1 Å². The summed E-state index contributed by atoms with van der Waals surface area (Å²) in [6.45, 7) is 1.92. The van der Waals surface area contributed by atoms with Gasteiger partial charge in [-0.05, 0) is 19.1 Å². The molecule has 19 heavy (non-hydrogen) atoms. The average Bonchev–Trinajstić information content (AvgIpc) is 2.71. The standard InChI is InChI=1S/C13H13N3O3/c1-8-3-5-9(6-4-8)12(17)15-10-7-14-16(2)11(10)13(18)19/h3-7H,1-2H3,(H,15,17)(H,18,19). The SMILES string of the molecule is Cc1ccc(C(=O)Nc2cnn(C)c2C(=O)O)cc1. The van der Waals surface area contributed by atoms with Crippen molar-refractivity contribution < 1.29 is 14.7 Å². The molecule has 0 fully saturated rings. The third-order valence-electron chi connectivity index (χ3n) is 2.70. The third kappa shape index (κ3) is 2.62. The summed E-state index contributed by atoms with van der Waals surface area (Å²) in [5, 5.41) is 15.4. The Bertz CT molecular complexity index is 629. The molecular weight excluding hydrogens is 246 g/mol. The number of carboxylic acids is 1. The van der Waals surface area contributed by atoms with Gasteiger partial charge in [-0.2, -0.15) is 5.10 Å². The molecule has 1 amide bonds. The van der Waals surface area contributed by atoms with E-state index in [0.29, 0.717) is 5.56 Å². The lowest BCUT2D eigenvalue weighted by molar-refractivity contribution is 0.0686. The molecule has 0 unspecified atom stereocenters. The Morgan fingerprint density at radius 2 is 1.89 bits per heavy atom. The molecule has 0 saturated heterocycles. The Morgan fingerprint density at radius 3 is 2.47 bits per heavy atom. The van der Waals surface area contributed by atoms with Gasteiger partial charge in [-0.15, -0.1) is 0 Å². The first-order valence-corrected chi connectivity index (χ1v) is 5.62. The number of aromatic carboxylic acids is 1. The number of aryl methyl sites for hydroxylation is 2. The fraction of sp³-hybridized carbons (Fsp3) is 0.154. The molecule has 0 aliphatic carbocycles. The number of nitrogens with zero attached hydrogens (tertiary/aromatic N) is 2. The summed E-state index contributed by atoms with van der Waals surface area (Å²) in [6, 6.07) is 7.00. The summed E-state index contributed by atoms with van der Waals surface area (Å²) >= 11 is 0. The lowest BCUT2D eigenvalue weighted by Gasteiger charge is -2.05. The van der Waals surface area contributed by atoms with Crippen LogP contribution < -0.4 is 5.32 Å². The van der Waals surface area contributed by atoms with Gasteiger partial charge in [0.05, 0.1) is 11.9 Å². The fourth-order valence-corrected chi connectivity index (χ4v) is 1.68. The summed E-state index contributed by atoms with van der Waals surface area (Å²) in [5.41, 5.74) is 1.64. The highest BCUT2D eigenvalue weighted by atomic mass is 16.4. The highest BCUT2D eigenvalue weighted by molar-refractivity contribution is 6.07. The predicted octanol–water partition coefficient (Wildman–Crippen LogP) is 1.68. The zero-order chi connectivity index (χ0) is 14.0. The smallest absolute Gasteiger partial charge is 0.356 e. The van der Waals surface area contributed by atoms with Crippen LogP contribution in [0.5, 0.6) is 0 Å². The third-order valence-corrected chi connectivity index (χ3v) is 2.70. The first-order chi connectivity index (χ1) is 8.99. The first kappa shape index (κ1) is 12.8. The summed E-state index contributed by atoms with van der Waals surface area (Å²) in [6.07, 6.45) is 1.32. The van der Waals surface area contributed by atoms with Gasteiger partial charge < -0.3 is 10.4 Å². The number of rotatable bonds is 3. The van der Waals surface area contributed by atoms with Crippen LogP contribution in [0.25, 0.3) is 0 Å².